The SMILES string of the molecule is CCOC(=O)Oc1ccc(C(=O)N2CCN(C(=O)/C=C/c3cccc(C)c3)CC2)cc1. The fourth-order valence-electron chi connectivity index (χ4n) is 3.27. The first-order valence-corrected chi connectivity index (χ1v) is 10.2. The third kappa shape index (κ3) is 6.18. The summed E-state index contributed by atoms with van der Waals surface area (Å²) in [6.07, 6.45) is 2.61. The monoisotopic (exact) mass is 422 g/mol. The Morgan fingerprint density at radius 2 is 1.65 bits per heavy atom. The minimum absolute atomic E-state index is 0.0610. The molecule has 0 radical (unpaired) electrons. The number of hydrogen-bond donors (Lipinski definition) is 0. The van der Waals surface area contributed by atoms with Crippen LogP contribution < -0.4 is 4.74 Å². The van der Waals surface area contributed by atoms with Crippen LogP contribution in [0.25, 0.3) is 6.08 Å². The van der Waals surface area contributed by atoms with E-state index in [1.807, 2.05) is 37.3 Å². The van der Waals surface area contributed by atoms with Gasteiger partial charge in [-0.15, -0.1) is 0 Å². The standard InChI is InChI=1S/C24H26N2O5/c1-3-30-24(29)31-21-10-8-20(9-11-21)23(28)26-15-13-25(14-16-26)22(27)12-7-19-6-4-5-18(2)17-19/h4-12,17H,3,13-16H2,1-2H3/b12-7+. The van der Waals surface area contributed by atoms with Crippen molar-refractivity contribution in [1.82, 2.24) is 9.80 Å². The van der Waals surface area contributed by atoms with Gasteiger partial charge in [0, 0.05) is 37.8 Å². The lowest BCUT2D eigenvalue weighted by molar-refractivity contribution is -0.127. The van der Waals surface area contributed by atoms with Crippen molar-refractivity contribution >= 4 is 24.0 Å². The molecule has 1 aliphatic rings. The maximum Gasteiger partial charge on any atom is 0.513 e. The van der Waals surface area contributed by atoms with Crippen LogP contribution in [-0.2, 0) is 9.53 Å². The van der Waals surface area contributed by atoms with Crippen LogP contribution in [0.2, 0.25) is 0 Å². The molecule has 0 aliphatic carbocycles. The van der Waals surface area contributed by atoms with Gasteiger partial charge < -0.3 is 19.3 Å². The van der Waals surface area contributed by atoms with E-state index in [-0.39, 0.29) is 18.4 Å². The van der Waals surface area contributed by atoms with Crippen LogP contribution >= 0.6 is 0 Å². The summed E-state index contributed by atoms with van der Waals surface area (Å²) in [6.45, 7) is 5.81. The molecule has 3 rings (SSSR count). The van der Waals surface area contributed by atoms with E-state index in [4.69, 9.17) is 9.47 Å². The molecule has 0 saturated carbocycles. The lowest BCUT2D eigenvalue weighted by atomic mass is 10.1. The molecule has 1 aliphatic heterocycles. The first-order valence-electron chi connectivity index (χ1n) is 10.2. The molecule has 2 aromatic carbocycles. The Bertz CT molecular complexity index is 960. The van der Waals surface area contributed by atoms with Gasteiger partial charge in [-0.1, -0.05) is 29.8 Å². The van der Waals surface area contributed by atoms with Crippen LogP contribution in [0.1, 0.15) is 28.4 Å². The maximum absolute atomic E-state index is 12.7. The summed E-state index contributed by atoms with van der Waals surface area (Å²) < 4.78 is 9.72. The zero-order valence-electron chi connectivity index (χ0n) is 17.7. The first-order chi connectivity index (χ1) is 15.0. The van der Waals surface area contributed by atoms with Crippen molar-refractivity contribution in [2.24, 2.45) is 0 Å². The lowest BCUT2D eigenvalue weighted by Gasteiger charge is -2.34. The zero-order valence-corrected chi connectivity index (χ0v) is 17.7. The Morgan fingerprint density at radius 3 is 2.29 bits per heavy atom. The number of rotatable bonds is 5. The highest BCUT2D eigenvalue weighted by molar-refractivity contribution is 5.95. The van der Waals surface area contributed by atoms with Gasteiger partial charge in [-0.2, -0.15) is 0 Å². The van der Waals surface area contributed by atoms with E-state index in [0.29, 0.717) is 37.5 Å². The second-order valence-corrected chi connectivity index (χ2v) is 7.17. The van der Waals surface area contributed by atoms with Gasteiger partial charge in [0.25, 0.3) is 5.91 Å². The van der Waals surface area contributed by atoms with E-state index in [1.54, 1.807) is 47.1 Å². The van der Waals surface area contributed by atoms with Crippen LogP contribution in [0.15, 0.2) is 54.6 Å². The molecule has 1 heterocycles. The number of amides is 2. The summed E-state index contributed by atoms with van der Waals surface area (Å²) in [5.41, 5.74) is 2.62. The normalized spacial score (nSPS) is 13.9. The van der Waals surface area contributed by atoms with Crippen molar-refractivity contribution in [2.45, 2.75) is 13.8 Å². The highest BCUT2D eigenvalue weighted by Crippen LogP contribution is 2.16. The smallest absolute Gasteiger partial charge is 0.434 e. The molecule has 0 spiro atoms. The Hall–Kier alpha value is -3.61. The molecule has 2 aromatic rings. The summed E-state index contributed by atoms with van der Waals surface area (Å²) in [5.74, 6) is 0.130. The molecule has 1 saturated heterocycles. The van der Waals surface area contributed by atoms with Gasteiger partial charge in [0.15, 0.2) is 0 Å². The van der Waals surface area contributed by atoms with Gasteiger partial charge in [-0.3, -0.25) is 9.59 Å². The predicted molar refractivity (Wildman–Crippen MR) is 117 cm³/mol. The van der Waals surface area contributed by atoms with Crippen molar-refractivity contribution in [3.8, 4) is 5.75 Å². The minimum atomic E-state index is -0.779. The highest BCUT2D eigenvalue weighted by atomic mass is 16.7. The molecule has 0 unspecified atom stereocenters. The topological polar surface area (TPSA) is 76.2 Å². The van der Waals surface area contributed by atoms with Crippen molar-refractivity contribution < 1.29 is 23.9 Å². The molecular formula is C24H26N2O5. The Balaban J connectivity index is 1.51. The third-order valence-electron chi connectivity index (χ3n) is 4.90. The fraction of sp³-hybridized carbons (Fsp3) is 0.292. The van der Waals surface area contributed by atoms with E-state index >= 15 is 0 Å². The van der Waals surface area contributed by atoms with Crippen LogP contribution in [-0.4, -0.2) is 60.6 Å². The van der Waals surface area contributed by atoms with E-state index in [0.717, 1.165) is 11.1 Å². The lowest BCUT2D eigenvalue weighted by Crippen LogP contribution is -2.50. The Morgan fingerprint density at radius 1 is 0.968 bits per heavy atom. The van der Waals surface area contributed by atoms with Crippen LogP contribution in [0.5, 0.6) is 5.75 Å². The number of carbonyl (C=O) groups excluding carboxylic acids is 3. The molecule has 7 heteroatoms. The average molecular weight is 422 g/mol. The van der Waals surface area contributed by atoms with Crippen molar-refractivity contribution in [2.75, 3.05) is 32.8 Å². The highest BCUT2D eigenvalue weighted by Gasteiger charge is 2.24. The average Bonchev–Trinajstić information content (AvgIpc) is 2.78. The van der Waals surface area contributed by atoms with Crippen molar-refractivity contribution in [3.05, 3.63) is 71.3 Å². The molecule has 162 valence electrons. The van der Waals surface area contributed by atoms with Crippen molar-refractivity contribution in [1.29, 1.82) is 0 Å². The molecule has 7 nitrogen and oxygen atoms in total. The van der Waals surface area contributed by atoms with Gasteiger partial charge in [0.05, 0.1) is 6.61 Å². The first kappa shape index (κ1) is 22.1. The molecule has 31 heavy (non-hydrogen) atoms. The molecule has 0 bridgehead atoms. The summed E-state index contributed by atoms with van der Waals surface area (Å²) in [6, 6.07) is 14.3. The number of hydrogen-bond acceptors (Lipinski definition) is 5. The molecule has 0 N–H and O–H groups in total. The Kier molecular flexibility index (Phi) is 7.43. The second-order valence-electron chi connectivity index (χ2n) is 7.17. The molecular weight excluding hydrogens is 396 g/mol. The minimum Gasteiger partial charge on any atom is -0.434 e. The zero-order chi connectivity index (χ0) is 22.2. The second kappa shape index (κ2) is 10.4. The number of benzene rings is 2. The van der Waals surface area contributed by atoms with Gasteiger partial charge in [0.1, 0.15) is 5.75 Å². The summed E-state index contributed by atoms with van der Waals surface area (Å²) in [5, 5.41) is 0. The molecule has 1 fully saturated rings. The van der Waals surface area contributed by atoms with E-state index in [1.165, 1.54) is 0 Å². The van der Waals surface area contributed by atoms with E-state index in [9.17, 15) is 14.4 Å². The maximum atomic E-state index is 12.7. The number of nitrogens with zero attached hydrogens (tertiary/aromatic N) is 2. The number of piperazine rings is 1. The van der Waals surface area contributed by atoms with Crippen molar-refractivity contribution in [3.63, 3.8) is 0 Å². The van der Waals surface area contributed by atoms with E-state index in [2.05, 4.69) is 0 Å². The molecule has 0 atom stereocenters. The molecule has 2 amide bonds. The quantitative estimate of drug-likeness (QED) is 0.419. The number of carbonyl (C=O) groups is 3. The third-order valence-corrected chi connectivity index (χ3v) is 4.90. The summed E-state index contributed by atoms with van der Waals surface area (Å²) in [7, 11) is 0. The van der Waals surface area contributed by atoms with Crippen LogP contribution in [0.4, 0.5) is 4.79 Å². The van der Waals surface area contributed by atoms with Gasteiger partial charge in [-0.25, -0.2) is 4.79 Å². The fourth-order valence-corrected chi connectivity index (χ4v) is 3.27. The van der Waals surface area contributed by atoms with Gasteiger partial charge in [0.2, 0.25) is 5.91 Å². The largest absolute Gasteiger partial charge is 0.513 e. The van der Waals surface area contributed by atoms with Crippen LogP contribution in [0, 0.1) is 6.92 Å². The van der Waals surface area contributed by atoms with E-state index < -0.39 is 6.16 Å². The number of ether oxygens (including phenoxy) is 2. The summed E-state index contributed by atoms with van der Waals surface area (Å²) in [4.78, 5) is 40.0. The number of aryl methyl sites for hydroxylation is 1. The van der Waals surface area contributed by atoms with Crippen LogP contribution in [0.3, 0.4) is 0 Å². The Labute approximate surface area is 181 Å². The van der Waals surface area contributed by atoms with Gasteiger partial charge >= 0.3 is 6.16 Å². The summed E-state index contributed by atoms with van der Waals surface area (Å²) >= 11 is 0. The predicted octanol–water partition coefficient (Wildman–Crippen LogP) is 3.53. The molecule has 0 aromatic heterocycles. The van der Waals surface area contributed by atoms with Gasteiger partial charge in [-0.05, 0) is 49.8 Å².